The predicted molar refractivity (Wildman–Crippen MR) is 73.4 cm³/mol. The Bertz CT molecular complexity index is 467. The Morgan fingerprint density at radius 2 is 1.90 bits per heavy atom. The van der Waals surface area contributed by atoms with Gasteiger partial charge < -0.3 is 15.6 Å². The summed E-state index contributed by atoms with van der Waals surface area (Å²) in [5.74, 6) is -2.14. The number of hydrogen-bond donors (Lipinski definition) is 2. The van der Waals surface area contributed by atoms with E-state index in [0.717, 1.165) is 5.56 Å². The van der Waals surface area contributed by atoms with Crippen LogP contribution in [0.3, 0.4) is 0 Å². The van der Waals surface area contributed by atoms with Crippen molar-refractivity contribution in [2.24, 2.45) is 5.73 Å². The van der Waals surface area contributed by atoms with E-state index in [1.54, 1.807) is 18.2 Å². The number of nitrogens with two attached hydrogens (primary N) is 1. The molecule has 0 amide bonds. The molecule has 1 saturated carbocycles. The van der Waals surface area contributed by atoms with Gasteiger partial charge in [-0.1, -0.05) is 6.07 Å². The van der Waals surface area contributed by atoms with Gasteiger partial charge in [-0.3, -0.25) is 0 Å². The summed E-state index contributed by atoms with van der Waals surface area (Å²) < 4.78 is 32.1. The van der Waals surface area contributed by atoms with Crippen molar-refractivity contribution in [3.05, 3.63) is 23.8 Å². The van der Waals surface area contributed by atoms with Gasteiger partial charge in [0.15, 0.2) is 11.5 Å². The molecule has 1 aliphatic carbocycles. The molecule has 0 atom stereocenters. The van der Waals surface area contributed by atoms with Gasteiger partial charge in [0.1, 0.15) is 0 Å². The molecule has 1 fully saturated rings. The Morgan fingerprint density at radius 1 is 1.25 bits per heavy atom. The molecule has 1 aromatic carbocycles. The van der Waals surface area contributed by atoms with Crippen LogP contribution in [0.2, 0.25) is 0 Å². The Balaban J connectivity index is 2.30. The second-order valence-corrected chi connectivity index (χ2v) is 5.46. The second kappa shape index (κ2) is 5.56. The number of halogens is 2. The second-order valence-electron chi connectivity index (χ2n) is 5.46. The molecule has 0 saturated heterocycles. The van der Waals surface area contributed by atoms with Gasteiger partial charge in [0.25, 0.3) is 0 Å². The molecule has 2 rings (SSSR count). The zero-order valence-corrected chi connectivity index (χ0v) is 11.7. The van der Waals surface area contributed by atoms with Crippen molar-refractivity contribution >= 4 is 0 Å². The van der Waals surface area contributed by atoms with Gasteiger partial charge in [-0.15, -0.1) is 0 Å². The lowest BCUT2D eigenvalue weighted by atomic mass is 9.68. The maximum absolute atomic E-state index is 13.4. The average Bonchev–Trinajstić information content (AvgIpc) is 2.42. The highest BCUT2D eigenvalue weighted by Crippen LogP contribution is 2.46. The van der Waals surface area contributed by atoms with Crippen molar-refractivity contribution in [3.63, 3.8) is 0 Å². The van der Waals surface area contributed by atoms with Crippen LogP contribution < -0.4 is 10.5 Å². The molecular formula is C15H21F2NO2. The van der Waals surface area contributed by atoms with E-state index in [1.165, 1.54) is 0 Å². The number of rotatable bonds is 4. The van der Waals surface area contributed by atoms with Crippen LogP contribution in [0.15, 0.2) is 18.2 Å². The van der Waals surface area contributed by atoms with Crippen LogP contribution >= 0.6 is 0 Å². The Morgan fingerprint density at radius 3 is 2.45 bits per heavy atom. The lowest BCUT2D eigenvalue weighted by Crippen LogP contribution is -2.42. The van der Waals surface area contributed by atoms with Crippen LogP contribution in [0.4, 0.5) is 8.78 Å². The smallest absolute Gasteiger partial charge is 0.248 e. The van der Waals surface area contributed by atoms with Crippen molar-refractivity contribution in [2.75, 3.05) is 13.2 Å². The first kappa shape index (κ1) is 15.0. The van der Waals surface area contributed by atoms with Gasteiger partial charge in [0, 0.05) is 24.8 Å². The highest BCUT2D eigenvalue weighted by molar-refractivity contribution is 5.44. The quantitative estimate of drug-likeness (QED) is 0.893. The van der Waals surface area contributed by atoms with E-state index in [9.17, 15) is 13.9 Å². The standard InChI is InChI=1S/C15H21F2NO2/c1-2-20-13-9-11(3-4-12(13)19)14(10-18)5-7-15(16,17)8-6-14/h3-4,9,19H,2,5-8,10,18H2,1H3. The van der Waals surface area contributed by atoms with Crippen molar-refractivity contribution in [2.45, 2.75) is 43.9 Å². The minimum Gasteiger partial charge on any atom is -0.504 e. The van der Waals surface area contributed by atoms with E-state index < -0.39 is 11.3 Å². The third-order valence-corrected chi connectivity index (χ3v) is 4.20. The third-order valence-electron chi connectivity index (χ3n) is 4.20. The SMILES string of the molecule is CCOc1cc(C2(CN)CCC(F)(F)CC2)ccc1O. The van der Waals surface area contributed by atoms with E-state index in [-0.39, 0.29) is 18.6 Å². The molecular weight excluding hydrogens is 264 g/mol. The predicted octanol–water partition coefficient (Wildman–Crippen LogP) is 3.20. The van der Waals surface area contributed by atoms with Gasteiger partial charge in [0.05, 0.1) is 6.61 Å². The molecule has 0 unspecified atom stereocenters. The molecule has 1 aliphatic rings. The van der Waals surface area contributed by atoms with Gasteiger partial charge >= 0.3 is 0 Å². The van der Waals surface area contributed by atoms with Crippen LogP contribution in [0.1, 0.15) is 38.2 Å². The molecule has 0 spiro atoms. The van der Waals surface area contributed by atoms with Crippen molar-refractivity contribution < 1.29 is 18.6 Å². The number of phenolic OH excluding ortho intramolecular Hbond substituents is 1. The number of benzene rings is 1. The molecule has 3 nitrogen and oxygen atoms in total. The fourth-order valence-electron chi connectivity index (χ4n) is 2.82. The van der Waals surface area contributed by atoms with E-state index in [4.69, 9.17) is 10.5 Å². The summed E-state index contributed by atoms with van der Waals surface area (Å²) in [6.45, 7) is 2.58. The van der Waals surface area contributed by atoms with E-state index in [0.29, 0.717) is 31.7 Å². The Hall–Kier alpha value is -1.36. The summed E-state index contributed by atoms with van der Waals surface area (Å²) in [5, 5.41) is 9.73. The summed E-state index contributed by atoms with van der Waals surface area (Å²) in [4.78, 5) is 0. The van der Waals surface area contributed by atoms with Gasteiger partial charge in [-0.05, 0) is 37.5 Å². The summed E-state index contributed by atoms with van der Waals surface area (Å²) >= 11 is 0. The topological polar surface area (TPSA) is 55.5 Å². The number of hydrogen-bond acceptors (Lipinski definition) is 3. The molecule has 112 valence electrons. The maximum atomic E-state index is 13.4. The molecule has 1 aromatic rings. The zero-order chi connectivity index (χ0) is 14.8. The Kier molecular flexibility index (Phi) is 4.18. The van der Waals surface area contributed by atoms with E-state index >= 15 is 0 Å². The van der Waals surface area contributed by atoms with Crippen molar-refractivity contribution in [1.29, 1.82) is 0 Å². The van der Waals surface area contributed by atoms with Crippen LogP contribution in [-0.4, -0.2) is 24.2 Å². The largest absolute Gasteiger partial charge is 0.504 e. The first-order valence-electron chi connectivity index (χ1n) is 6.97. The van der Waals surface area contributed by atoms with Crippen molar-refractivity contribution in [1.82, 2.24) is 0 Å². The number of ether oxygens (including phenoxy) is 1. The first-order valence-corrected chi connectivity index (χ1v) is 6.97. The lowest BCUT2D eigenvalue weighted by molar-refractivity contribution is -0.0509. The lowest BCUT2D eigenvalue weighted by Gasteiger charge is -2.40. The van der Waals surface area contributed by atoms with Gasteiger partial charge in [-0.2, -0.15) is 0 Å². The molecule has 0 aromatic heterocycles. The molecule has 0 heterocycles. The number of aromatic hydroxyl groups is 1. The van der Waals surface area contributed by atoms with Crippen molar-refractivity contribution in [3.8, 4) is 11.5 Å². The van der Waals surface area contributed by atoms with Gasteiger partial charge in [-0.25, -0.2) is 8.78 Å². The average molecular weight is 285 g/mol. The zero-order valence-electron chi connectivity index (χ0n) is 11.7. The highest BCUT2D eigenvalue weighted by Gasteiger charge is 2.43. The van der Waals surface area contributed by atoms with Crippen LogP contribution in [0, 0.1) is 0 Å². The molecule has 0 bridgehead atoms. The molecule has 3 N–H and O–H groups in total. The minimum absolute atomic E-state index is 0.0592. The minimum atomic E-state index is -2.58. The summed E-state index contributed by atoms with van der Waals surface area (Å²) in [7, 11) is 0. The fraction of sp³-hybridized carbons (Fsp3) is 0.600. The molecule has 0 aliphatic heterocycles. The van der Waals surface area contributed by atoms with E-state index in [1.807, 2.05) is 6.92 Å². The van der Waals surface area contributed by atoms with Crippen LogP contribution in [0.5, 0.6) is 11.5 Å². The Labute approximate surface area is 117 Å². The normalized spacial score (nSPS) is 20.6. The van der Waals surface area contributed by atoms with E-state index in [2.05, 4.69) is 0 Å². The molecule has 0 radical (unpaired) electrons. The van der Waals surface area contributed by atoms with Crippen LogP contribution in [-0.2, 0) is 5.41 Å². The van der Waals surface area contributed by atoms with Crippen LogP contribution in [0.25, 0.3) is 0 Å². The van der Waals surface area contributed by atoms with Gasteiger partial charge in [0.2, 0.25) is 5.92 Å². The summed E-state index contributed by atoms with van der Waals surface area (Å²) in [6, 6.07) is 5.04. The first-order chi connectivity index (χ1) is 9.42. The highest BCUT2D eigenvalue weighted by atomic mass is 19.3. The number of phenols is 1. The number of alkyl halides is 2. The summed E-state index contributed by atoms with van der Waals surface area (Å²) in [5.41, 5.74) is 6.30. The molecule has 20 heavy (non-hydrogen) atoms. The maximum Gasteiger partial charge on any atom is 0.248 e. The third kappa shape index (κ3) is 2.87. The summed E-state index contributed by atoms with van der Waals surface area (Å²) in [6.07, 6.45) is 0.420. The molecule has 5 heteroatoms. The fourth-order valence-corrected chi connectivity index (χ4v) is 2.82. The monoisotopic (exact) mass is 285 g/mol.